The van der Waals surface area contributed by atoms with E-state index < -0.39 is 0 Å². The Bertz CT molecular complexity index is 243. The van der Waals surface area contributed by atoms with E-state index in [1.54, 1.807) is 0 Å². The topological polar surface area (TPSA) is 20.3 Å². The molecule has 2 rings (SSSR count). The number of Topliss-reactive ketones (excluding diaryl/α,β-unsaturated/α-hetero) is 1. The van der Waals surface area contributed by atoms with Gasteiger partial charge in [-0.1, -0.05) is 19.1 Å². The van der Waals surface area contributed by atoms with Crippen LogP contribution in [0, 0.1) is 0 Å². The van der Waals surface area contributed by atoms with Crippen LogP contribution in [0.5, 0.6) is 0 Å². The summed E-state index contributed by atoms with van der Waals surface area (Å²) in [5.41, 5.74) is 1.30. The highest BCUT2D eigenvalue weighted by molar-refractivity contribution is 5.81. The lowest BCUT2D eigenvalue weighted by Gasteiger charge is -2.34. The molecule has 2 bridgehead atoms. The van der Waals surface area contributed by atoms with Crippen LogP contribution in [0.15, 0.2) is 12.2 Å². The molecule has 2 heterocycles. The van der Waals surface area contributed by atoms with Gasteiger partial charge in [-0.2, -0.15) is 0 Å². The van der Waals surface area contributed by atoms with Crippen LogP contribution < -0.4 is 0 Å². The van der Waals surface area contributed by atoms with Crippen molar-refractivity contribution < 1.29 is 4.79 Å². The standard InChI is InChI=1S/C12H19NO/c1-3-9(2)8-13-10-4-5-11(13)7-12(14)6-10/h10-11H,2-8H2,1H3. The van der Waals surface area contributed by atoms with Gasteiger partial charge in [0.2, 0.25) is 0 Å². The molecule has 0 aromatic heterocycles. The van der Waals surface area contributed by atoms with E-state index in [1.807, 2.05) is 0 Å². The Morgan fingerprint density at radius 3 is 2.50 bits per heavy atom. The number of fused-ring (bicyclic) bond motifs is 2. The SMILES string of the molecule is C=C(CC)CN1C2CCC1CC(=O)C2. The fourth-order valence-electron chi connectivity index (χ4n) is 2.69. The third-order valence-electron chi connectivity index (χ3n) is 3.60. The highest BCUT2D eigenvalue weighted by Crippen LogP contribution is 2.34. The van der Waals surface area contributed by atoms with Gasteiger partial charge in [0.05, 0.1) is 0 Å². The molecular formula is C12H19NO. The van der Waals surface area contributed by atoms with Gasteiger partial charge < -0.3 is 0 Å². The number of ketones is 1. The zero-order valence-electron chi connectivity index (χ0n) is 8.96. The molecule has 14 heavy (non-hydrogen) atoms. The van der Waals surface area contributed by atoms with Crippen LogP contribution in [0.2, 0.25) is 0 Å². The van der Waals surface area contributed by atoms with Crippen molar-refractivity contribution in [1.82, 2.24) is 4.90 Å². The van der Waals surface area contributed by atoms with Gasteiger partial charge >= 0.3 is 0 Å². The van der Waals surface area contributed by atoms with Crippen molar-refractivity contribution in [3.63, 3.8) is 0 Å². The lowest BCUT2D eigenvalue weighted by molar-refractivity contribution is -0.123. The Morgan fingerprint density at radius 2 is 2.00 bits per heavy atom. The minimum absolute atomic E-state index is 0.468. The van der Waals surface area contributed by atoms with Gasteiger partial charge in [-0.25, -0.2) is 0 Å². The summed E-state index contributed by atoms with van der Waals surface area (Å²) < 4.78 is 0. The molecule has 0 spiro atoms. The molecule has 2 atom stereocenters. The molecule has 0 aromatic rings. The number of piperidine rings is 1. The second kappa shape index (κ2) is 3.85. The van der Waals surface area contributed by atoms with Crippen molar-refractivity contribution in [2.24, 2.45) is 0 Å². The average Bonchev–Trinajstić information content (AvgIpc) is 2.41. The molecule has 2 aliphatic rings. The zero-order valence-corrected chi connectivity index (χ0v) is 8.96. The molecule has 0 radical (unpaired) electrons. The summed E-state index contributed by atoms with van der Waals surface area (Å²) in [5, 5.41) is 0. The van der Waals surface area contributed by atoms with E-state index in [0.29, 0.717) is 17.9 Å². The van der Waals surface area contributed by atoms with E-state index in [9.17, 15) is 4.79 Å². The van der Waals surface area contributed by atoms with E-state index in [1.165, 1.54) is 18.4 Å². The molecule has 2 unspecified atom stereocenters. The van der Waals surface area contributed by atoms with Gasteiger partial charge in [-0.05, 0) is 19.3 Å². The minimum Gasteiger partial charge on any atom is -0.300 e. The maximum absolute atomic E-state index is 11.4. The highest BCUT2D eigenvalue weighted by atomic mass is 16.1. The van der Waals surface area contributed by atoms with Gasteiger partial charge in [0.15, 0.2) is 0 Å². The average molecular weight is 193 g/mol. The molecule has 0 aromatic carbocycles. The molecule has 0 aliphatic carbocycles. The van der Waals surface area contributed by atoms with Crippen molar-refractivity contribution in [2.75, 3.05) is 6.54 Å². The molecule has 2 saturated heterocycles. The zero-order chi connectivity index (χ0) is 10.1. The summed E-state index contributed by atoms with van der Waals surface area (Å²) in [4.78, 5) is 13.9. The molecule has 0 N–H and O–H groups in total. The van der Waals surface area contributed by atoms with Crippen molar-refractivity contribution in [3.8, 4) is 0 Å². The molecule has 2 fully saturated rings. The summed E-state index contributed by atoms with van der Waals surface area (Å²) in [6.45, 7) is 7.22. The van der Waals surface area contributed by atoms with Crippen LogP contribution in [0.25, 0.3) is 0 Å². The van der Waals surface area contributed by atoms with E-state index in [2.05, 4.69) is 18.4 Å². The fraction of sp³-hybridized carbons (Fsp3) is 0.750. The molecule has 2 heteroatoms. The highest BCUT2D eigenvalue weighted by Gasteiger charge is 2.39. The second-order valence-corrected chi connectivity index (χ2v) is 4.61. The lowest BCUT2D eigenvalue weighted by atomic mass is 10.0. The maximum atomic E-state index is 11.4. The number of carbonyl (C=O) groups excluding carboxylic acids is 1. The second-order valence-electron chi connectivity index (χ2n) is 4.61. The van der Waals surface area contributed by atoms with Crippen LogP contribution in [-0.4, -0.2) is 29.3 Å². The maximum Gasteiger partial charge on any atom is 0.136 e. The number of hydrogen-bond donors (Lipinski definition) is 0. The van der Waals surface area contributed by atoms with Crippen LogP contribution in [0.4, 0.5) is 0 Å². The summed E-state index contributed by atoms with van der Waals surface area (Å²) in [5.74, 6) is 0.468. The van der Waals surface area contributed by atoms with E-state index in [0.717, 1.165) is 25.8 Å². The smallest absolute Gasteiger partial charge is 0.136 e. The van der Waals surface area contributed by atoms with Gasteiger partial charge in [0, 0.05) is 31.5 Å². The van der Waals surface area contributed by atoms with Gasteiger partial charge in [0.1, 0.15) is 5.78 Å². The Hall–Kier alpha value is -0.630. The predicted octanol–water partition coefficient (Wildman–Crippen LogP) is 2.15. The quantitative estimate of drug-likeness (QED) is 0.640. The lowest BCUT2D eigenvalue weighted by Crippen LogP contribution is -2.43. The molecular weight excluding hydrogens is 174 g/mol. The van der Waals surface area contributed by atoms with E-state index >= 15 is 0 Å². The Labute approximate surface area is 86.0 Å². The van der Waals surface area contributed by atoms with Gasteiger partial charge in [-0.15, -0.1) is 0 Å². The number of carbonyl (C=O) groups is 1. The van der Waals surface area contributed by atoms with Crippen molar-refractivity contribution >= 4 is 5.78 Å². The monoisotopic (exact) mass is 193 g/mol. The molecule has 0 amide bonds. The molecule has 2 aliphatic heterocycles. The van der Waals surface area contributed by atoms with Crippen LogP contribution in [-0.2, 0) is 4.79 Å². The Kier molecular flexibility index (Phi) is 2.73. The number of nitrogens with zero attached hydrogens (tertiary/aromatic N) is 1. The molecule has 78 valence electrons. The summed E-state index contributed by atoms with van der Waals surface area (Å²) in [6, 6.07) is 1.06. The summed E-state index contributed by atoms with van der Waals surface area (Å²) in [7, 11) is 0. The van der Waals surface area contributed by atoms with Gasteiger partial charge in [-0.3, -0.25) is 9.69 Å². The first-order valence-corrected chi connectivity index (χ1v) is 5.64. The molecule has 2 nitrogen and oxygen atoms in total. The first-order chi connectivity index (χ1) is 6.70. The van der Waals surface area contributed by atoms with Crippen LogP contribution >= 0.6 is 0 Å². The summed E-state index contributed by atoms with van der Waals surface area (Å²) in [6.07, 6.45) is 5.06. The summed E-state index contributed by atoms with van der Waals surface area (Å²) >= 11 is 0. The van der Waals surface area contributed by atoms with E-state index in [4.69, 9.17) is 0 Å². The van der Waals surface area contributed by atoms with Gasteiger partial charge in [0.25, 0.3) is 0 Å². The third kappa shape index (κ3) is 1.76. The largest absolute Gasteiger partial charge is 0.300 e. The van der Waals surface area contributed by atoms with Crippen LogP contribution in [0.3, 0.4) is 0 Å². The number of hydrogen-bond acceptors (Lipinski definition) is 2. The van der Waals surface area contributed by atoms with Crippen molar-refractivity contribution in [1.29, 1.82) is 0 Å². The third-order valence-corrected chi connectivity index (χ3v) is 3.60. The van der Waals surface area contributed by atoms with E-state index in [-0.39, 0.29) is 0 Å². The number of rotatable bonds is 3. The predicted molar refractivity (Wildman–Crippen MR) is 57.2 cm³/mol. The van der Waals surface area contributed by atoms with Crippen LogP contribution in [0.1, 0.15) is 39.0 Å². The first-order valence-electron chi connectivity index (χ1n) is 5.64. The van der Waals surface area contributed by atoms with Crippen molar-refractivity contribution in [3.05, 3.63) is 12.2 Å². The minimum atomic E-state index is 0.468. The fourth-order valence-corrected chi connectivity index (χ4v) is 2.69. The molecule has 0 saturated carbocycles. The first kappa shape index (κ1) is 9.91. The Balaban J connectivity index is 2.00. The normalized spacial score (nSPS) is 32.2. The van der Waals surface area contributed by atoms with Crippen molar-refractivity contribution in [2.45, 2.75) is 51.1 Å². The Morgan fingerprint density at radius 1 is 1.43 bits per heavy atom.